The number of hydrogen-bond donors (Lipinski definition) is 0. The summed E-state index contributed by atoms with van der Waals surface area (Å²) in [6.07, 6.45) is -6.03. The van der Waals surface area contributed by atoms with Crippen LogP contribution in [0.5, 0.6) is 0 Å². The Labute approximate surface area is 145 Å². The maximum Gasteiger partial charge on any atom is 0.435 e. The molecule has 0 N–H and O–H groups in total. The molecule has 5 nitrogen and oxygen atoms in total. The third-order valence-electron chi connectivity index (χ3n) is 4.20. The molecule has 1 aliphatic heterocycles. The minimum absolute atomic E-state index is 0.0242. The molecule has 1 atom stereocenters. The van der Waals surface area contributed by atoms with E-state index in [9.17, 15) is 26.7 Å². The average molecular weight is 374 g/mol. The van der Waals surface area contributed by atoms with Gasteiger partial charge in [-0.1, -0.05) is 0 Å². The van der Waals surface area contributed by atoms with E-state index in [1.807, 2.05) is 0 Å². The Bertz CT molecular complexity index is 869. The Hall–Kier alpha value is -2.52. The monoisotopic (exact) mass is 374 g/mol. The second kappa shape index (κ2) is 6.65. The van der Waals surface area contributed by atoms with Crippen molar-refractivity contribution in [2.24, 2.45) is 5.92 Å². The van der Waals surface area contributed by atoms with Crippen LogP contribution in [0.25, 0.3) is 5.65 Å². The van der Waals surface area contributed by atoms with Gasteiger partial charge < -0.3 is 4.90 Å². The van der Waals surface area contributed by atoms with Crippen molar-refractivity contribution in [1.82, 2.24) is 19.5 Å². The molecule has 140 valence electrons. The summed E-state index contributed by atoms with van der Waals surface area (Å²) in [7, 11) is 0. The molecule has 1 unspecified atom stereocenters. The Kier molecular flexibility index (Phi) is 4.68. The van der Waals surface area contributed by atoms with Gasteiger partial charge in [0.25, 0.3) is 6.08 Å². The zero-order valence-electron chi connectivity index (χ0n) is 13.7. The fourth-order valence-electron chi connectivity index (χ4n) is 3.07. The highest BCUT2D eigenvalue weighted by atomic mass is 19.4. The second-order valence-electron chi connectivity index (χ2n) is 6.16. The van der Waals surface area contributed by atoms with E-state index in [2.05, 4.69) is 10.1 Å². The number of carbonyl (C=O) groups is 1. The Morgan fingerprint density at radius 1 is 1.35 bits per heavy atom. The van der Waals surface area contributed by atoms with Gasteiger partial charge in [-0.15, -0.1) is 0 Å². The fraction of sp³-hybridized carbons (Fsp3) is 0.438. The number of alkyl halides is 3. The summed E-state index contributed by atoms with van der Waals surface area (Å²) in [5.41, 5.74) is -0.620. The van der Waals surface area contributed by atoms with E-state index < -0.39 is 23.9 Å². The van der Waals surface area contributed by atoms with Crippen molar-refractivity contribution >= 4 is 11.6 Å². The second-order valence-corrected chi connectivity index (χ2v) is 6.16. The number of nitrogens with zero attached hydrogens (tertiary/aromatic N) is 4. The number of likely N-dealkylation sites (tertiary alicyclic amines) is 1. The molecule has 0 aromatic carbocycles. The molecule has 26 heavy (non-hydrogen) atoms. The molecular formula is C16H15F5N4O. The first-order valence-electron chi connectivity index (χ1n) is 7.88. The van der Waals surface area contributed by atoms with Crippen LogP contribution in [0.4, 0.5) is 22.0 Å². The quantitative estimate of drug-likeness (QED) is 0.773. The van der Waals surface area contributed by atoms with Crippen LogP contribution < -0.4 is 0 Å². The Balaban J connectivity index is 1.85. The number of aromatic nitrogens is 3. The molecule has 1 saturated heterocycles. The van der Waals surface area contributed by atoms with Crippen LogP contribution in [0.15, 0.2) is 24.3 Å². The zero-order chi connectivity index (χ0) is 19.1. The van der Waals surface area contributed by atoms with E-state index in [0.29, 0.717) is 11.8 Å². The summed E-state index contributed by atoms with van der Waals surface area (Å²) in [6.45, 7) is 1.67. The van der Waals surface area contributed by atoms with Crippen LogP contribution in [-0.2, 0) is 17.4 Å². The molecule has 0 saturated carbocycles. The van der Waals surface area contributed by atoms with Crippen molar-refractivity contribution in [3.05, 3.63) is 41.4 Å². The standard InChI is InChI=1S/C16H15F5N4O/c1-9-2-3-13-22-15(16(19,20)21)11(25(13)23-9)4-5-24-8-10(6-12(17)18)7-14(24)26/h2-3,6,10H,4-5,7-8H2,1H3. The Morgan fingerprint density at radius 3 is 2.73 bits per heavy atom. The normalized spacial score (nSPS) is 18.0. The van der Waals surface area contributed by atoms with Crippen molar-refractivity contribution in [2.75, 3.05) is 13.1 Å². The zero-order valence-corrected chi connectivity index (χ0v) is 13.7. The van der Waals surface area contributed by atoms with E-state index in [1.165, 1.54) is 11.0 Å². The van der Waals surface area contributed by atoms with Crippen molar-refractivity contribution in [3.63, 3.8) is 0 Å². The molecular weight excluding hydrogens is 359 g/mol. The third-order valence-corrected chi connectivity index (χ3v) is 4.20. The fourth-order valence-corrected chi connectivity index (χ4v) is 3.07. The highest BCUT2D eigenvalue weighted by molar-refractivity contribution is 5.79. The van der Waals surface area contributed by atoms with Gasteiger partial charge in [-0.05, 0) is 25.1 Å². The lowest BCUT2D eigenvalue weighted by atomic mass is 10.1. The largest absolute Gasteiger partial charge is 0.435 e. The van der Waals surface area contributed by atoms with E-state index >= 15 is 0 Å². The van der Waals surface area contributed by atoms with Gasteiger partial charge in [0.2, 0.25) is 5.91 Å². The molecule has 3 heterocycles. The average Bonchev–Trinajstić information content (AvgIpc) is 3.04. The summed E-state index contributed by atoms with van der Waals surface area (Å²) in [4.78, 5) is 16.8. The first kappa shape index (κ1) is 18.3. The van der Waals surface area contributed by atoms with E-state index in [0.717, 1.165) is 4.52 Å². The van der Waals surface area contributed by atoms with Crippen LogP contribution >= 0.6 is 0 Å². The van der Waals surface area contributed by atoms with Gasteiger partial charge in [-0.3, -0.25) is 4.79 Å². The van der Waals surface area contributed by atoms with Gasteiger partial charge in [-0.2, -0.15) is 27.1 Å². The number of carbonyl (C=O) groups excluding carboxylic acids is 1. The minimum atomic E-state index is -4.66. The van der Waals surface area contributed by atoms with Crippen molar-refractivity contribution in [3.8, 4) is 0 Å². The highest BCUT2D eigenvalue weighted by Gasteiger charge is 2.38. The number of fused-ring (bicyclic) bond motifs is 1. The maximum absolute atomic E-state index is 13.3. The highest BCUT2D eigenvalue weighted by Crippen LogP contribution is 2.32. The van der Waals surface area contributed by atoms with Gasteiger partial charge >= 0.3 is 6.18 Å². The summed E-state index contributed by atoms with van der Waals surface area (Å²) >= 11 is 0. The summed E-state index contributed by atoms with van der Waals surface area (Å²) in [5, 5.41) is 4.07. The van der Waals surface area contributed by atoms with Crippen LogP contribution in [0.2, 0.25) is 0 Å². The van der Waals surface area contributed by atoms with Gasteiger partial charge in [-0.25, -0.2) is 9.50 Å². The van der Waals surface area contributed by atoms with E-state index in [4.69, 9.17) is 0 Å². The lowest BCUT2D eigenvalue weighted by Crippen LogP contribution is -2.28. The number of amides is 1. The molecule has 0 spiro atoms. The van der Waals surface area contributed by atoms with Gasteiger partial charge in [0, 0.05) is 31.8 Å². The van der Waals surface area contributed by atoms with Crippen molar-refractivity contribution < 1.29 is 26.7 Å². The van der Waals surface area contributed by atoms with Crippen LogP contribution in [0.1, 0.15) is 23.5 Å². The van der Waals surface area contributed by atoms with Gasteiger partial charge in [0.1, 0.15) is 0 Å². The predicted molar refractivity (Wildman–Crippen MR) is 81.4 cm³/mol. The molecule has 1 aliphatic rings. The lowest BCUT2D eigenvalue weighted by molar-refractivity contribution is -0.141. The van der Waals surface area contributed by atoms with Gasteiger partial charge in [0.15, 0.2) is 11.3 Å². The van der Waals surface area contributed by atoms with Crippen LogP contribution in [0, 0.1) is 12.8 Å². The van der Waals surface area contributed by atoms with Crippen molar-refractivity contribution in [2.45, 2.75) is 25.9 Å². The maximum atomic E-state index is 13.3. The number of aryl methyl sites for hydroxylation is 1. The third kappa shape index (κ3) is 3.68. The number of hydrogen-bond acceptors (Lipinski definition) is 3. The predicted octanol–water partition coefficient (Wildman–Crippen LogP) is 3.23. The van der Waals surface area contributed by atoms with E-state index in [-0.39, 0.29) is 43.2 Å². The molecule has 2 aromatic rings. The molecule has 1 fully saturated rings. The summed E-state index contributed by atoms with van der Waals surface area (Å²) in [5.74, 6) is -0.990. The molecule has 0 bridgehead atoms. The molecule has 10 heteroatoms. The molecule has 0 aliphatic carbocycles. The van der Waals surface area contributed by atoms with E-state index in [1.54, 1.807) is 13.0 Å². The molecule has 2 aromatic heterocycles. The van der Waals surface area contributed by atoms with Gasteiger partial charge in [0.05, 0.1) is 11.4 Å². The molecule has 0 radical (unpaired) electrons. The Morgan fingerprint density at radius 2 is 2.08 bits per heavy atom. The first-order chi connectivity index (χ1) is 12.1. The lowest BCUT2D eigenvalue weighted by Gasteiger charge is -2.16. The molecule has 3 rings (SSSR count). The topological polar surface area (TPSA) is 50.5 Å². The summed E-state index contributed by atoms with van der Waals surface area (Å²) < 4.78 is 65.7. The molecule has 1 amide bonds. The SMILES string of the molecule is Cc1ccc2nc(C(F)(F)F)c(CCN3CC(C=C(F)F)CC3=O)n2n1. The first-order valence-corrected chi connectivity index (χ1v) is 7.88. The smallest absolute Gasteiger partial charge is 0.342 e. The van der Waals surface area contributed by atoms with Crippen molar-refractivity contribution in [1.29, 1.82) is 0 Å². The summed E-state index contributed by atoms with van der Waals surface area (Å²) in [6, 6.07) is 2.99. The number of imidazole rings is 1. The van der Waals surface area contributed by atoms with Crippen LogP contribution in [0.3, 0.4) is 0 Å². The number of rotatable bonds is 4. The minimum Gasteiger partial charge on any atom is -0.342 e. The van der Waals surface area contributed by atoms with Crippen LogP contribution in [-0.4, -0.2) is 38.5 Å². The number of halogens is 5.